The van der Waals surface area contributed by atoms with E-state index < -0.39 is 0 Å². The standard InChI is InChI=1S/C21H23N7/c1-2-6-16(7-3-1)10-12-27-13-11-17(15-27)14-22-20-18-8-4-5-9-19(18)21-23-25-26-28(21)24-20/h1-9,17H,10-15H2,(H,22,24). The molecule has 1 aliphatic rings. The maximum absolute atomic E-state index is 4.58. The Morgan fingerprint density at radius 1 is 1.00 bits per heavy atom. The third-order valence-corrected chi connectivity index (χ3v) is 5.56. The van der Waals surface area contributed by atoms with Gasteiger partial charge in [-0.25, -0.2) is 0 Å². The summed E-state index contributed by atoms with van der Waals surface area (Å²) in [6, 6.07) is 18.9. The highest BCUT2D eigenvalue weighted by atomic mass is 15.6. The van der Waals surface area contributed by atoms with Crippen molar-refractivity contribution in [3.63, 3.8) is 0 Å². The van der Waals surface area contributed by atoms with Crippen LogP contribution >= 0.6 is 0 Å². The minimum absolute atomic E-state index is 0.626. The van der Waals surface area contributed by atoms with Gasteiger partial charge in [0.1, 0.15) is 0 Å². The quantitative estimate of drug-likeness (QED) is 0.560. The molecule has 0 saturated carbocycles. The molecule has 142 valence electrons. The molecule has 5 rings (SSSR count). The number of fused-ring (bicyclic) bond motifs is 3. The van der Waals surface area contributed by atoms with Crippen LogP contribution in [0.3, 0.4) is 0 Å². The first-order valence-electron chi connectivity index (χ1n) is 9.84. The second-order valence-electron chi connectivity index (χ2n) is 7.46. The third kappa shape index (κ3) is 3.41. The van der Waals surface area contributed by atoms with Gasteiger partial charge in [-0.3, -0.25) is 0 Å². The molecule has 7 nitrogen and oxygen atoms in total. The normalized spacial score (nSPS) is 17.5. The Balaban J connectivity index is 1.23. The predicted molar refractivity (Wildman–Crippen MR) is 109 cm³/mol. The molecule has 4 aromatic rings. The van der Waals surface area contributed by atoms with Crippen LogP contribution in [0.5, 0.6) is 0 Å². The predicted octanol–water partition coefficient (Wildman–Crippen LogP) is 2.65. The second kappa shape index (κ2) is 7.52. The average Bonchev–Trinajstić information content (AvgIpc) is 3.40. The van der Waals surface area contributed by atoms with Gasteiger partial charge in [0.05, 0.1) is 0 Å². The zero-order valence-corrected chi connectivity index (χ0v) is 15.7. The number of nitrogens with zero attached hydrogens (tertiary/aromatic N) is 6. The van der Waals surface area contributed by atoms with Crippen LogP contribution in [0, 0.1) is 5.92 Å². The number of hydrogen-bond donors (Lipinski definition) is 1. The Morgan fingerprint density at radius 3 is 2.71 bits per heavy atom. The van der Waals surface area contributed by atoms with E-state index in [1.807, 2.05) is 18.2 Å². The van der Waals surface area contributed by atoms with E-state index >= 15 is 0 Å². The topological polar surface area (TPSA) is 71.2 Å². The van der Waals surface area contributed by atoms with E-state index in [-0.39, 0.29) is 0 Å². The maximum atomic E-state index is 4.58. The fourth-order valence-corrected chi connectivity index (χ4v) is 4.03. The summed E-state index contributed by atoms with van der Waals surface area (Å²) < 4.78 is 1.51. The molecule has 7 heteroatoms. The van der Waals surface area contributed by atoms with Crippen LogP contribution in [0.15, 0.2) is 54.6 Å². The molecule has 3 heterocycles. The van der Waals surface area contributed by atoms with Crippen LogP contribution in [0.1, 0.15) is 12.0 Å². The van der Waals surface area contributed by atoms with E-state index in [1.54, 1.807) is 0 Å². The Hall–Kier alpha value is -3.06. The first-order chi connectivity index (χ1) is 13.9. The highest BCUT2D eigenvalue weighted by molar-refractivity contribution is 5.99. The number of benzene rings is 2. The molecule has 28 heavy (non-hydrogen) atoms. The summed E-state index contributed by atoms with van der Waals surface area (Å²) in [6.45, 7) is 4.33. The average molecular weight is 373 g/mol. The van der Waals surface area contributed by atoms with Crippen molar-refractivity contribution >= 4 is 22.2 Å². The maximum Gasteiger partial charge on any atom is 0.207 e. The zero-order chi connectivity index (χ0) is 18.8. The summed E-state index contributed by atoms with van der Waals surface area (Å²) in [7, 11) is 0. The summed E-state index contributed by atoms with van der Waals surface area (Å²) >= 11 is 0. The van der Waals surface area contributed by atoms with Crippen molar-refractivity contribution < 1.29 is 0 Å². The van der Waals surface area contributed by atoms with Crippen molar-refractivity contribution in [3.8, 4) is 0 Å². The lowest BCUT2D eigenvalue weighted by Crippen LogP contribution is -2.25. The smallest absolute Gasteiger partial charge is 0.207 e. The minimum Gasteiger partial charge on any atom is -0.368 e. The molecule has 0 amide bonds. The van der Waals surface area contributed by atoms with Gasteiger partial charge in [0.15, 0.2) is 5.82 Å². The Morgan fingerprint density at radius 2 is 1.82 bits per heavy atom. The van der Waals surface area contributed by atoms with Crippen LogP contribution in [0.2, 0.25) is 0 Å². The Labute approximate surface area is 163 Å². The van der Waals surface area contributed by atoms with E-state index in [0.29, 0.717) is 11.6 Å². The van der Waals surface area contributed by atoms with Crippen molar-refractivity contribution in [1.82, 2.24) is 30.2 Å². The number of rotatable bonds is 6. The molecular formula is C21H23N7. The lowest BCUT2D eigenvalue weighted by atomic mass is 10.1. The molecule has 1 unspecified atom stereocenters. The first-order valence-corrected chi connectivity index (χ1v) is 9.84. The molecule has 1 saturated heterocycles. The SMILES string of the molecule is c1ccc(CCN2CCC(CNc3nn4nnnc4c4ccccc34)C2)cc1. The fraction of sp³-hybridized carbons (Fsp3) is 0.333. The monoisotopic (exact) mass is 373 g/mol. The molecule has 2 aromatic heterocycles. The van der Waals surface area contributed by atoms with Gasteiger partial charge < -0.3 is 10.2 Å². The van der Waals surface area contributed by atoms with Gasteiger partial charge in [-0.15, -0.1) is 14.8 Å². The molecule has 1 N–H and O–H groups in total. The lowest BCUT2D eigenvalue weighted by molar-refractivity contribution is 0.330. The zero-order valence-electron chi connectivity index (χ0n) is 15.7. The molecule has 0 aliphatic carbocycles. The van der Waals surface area contributed by atoms with Crippen molar-refractivity contribution in [1.29, 1.82) is 0 Å². The van der Waals surface area contributed by atoms with Gasteiger partial charge in [0.25, 0.3) is 0 Å². The highest BCUT2D eigenvalue weighted by Gasteiger charge is 2.22. The van der Waals surface area contributed by atoms with Crippen LogP contribution in [0.4, 0.5) is 5.82 Å². The van der Waals surface area contributed by atoms with Gasteiger partial charge in [0.2, 0.25) is 5.65 Å². The number of nitrogens with one attached hydrogen (secondary N) is 1. The molecule has 1 fully saturated rings. The summed E-state index contributed by atoms with van der Waals surface area (Å²) in [4.78, 5) is 2.56. The van der Waals surface area contributed by atoms with Crippen LogP contribution in [-0.2, 0) is 6.42 Å². The van der Waals surface area contributed by atoms with Crippen LogP contribution in [0.25, 0.3) is 16.4 Å². The Kier molecular flexibility index (Phi) is 4.58. The van der Waals surface area contributed by atoms with Crippen molar-refractivity contribution in [3.05, 3.63) is 60.2 Å². The van der Waals surface area contributed by atoms with Crippen LogP contribution in [-0.4, -0.2) is 56.3 Å². The summed E-state index contributed by atoms with van der Waals surface area (Å²) in [6.07, 6.45) is 2.33. The number of anilines is 1. The van der Waals surface area contributed by atoms with Gasteiger partial charge in [-0.05, 0) is 41.3 Å². The van der Waals surface area contributed by atoms with E-state index in [2.05, 4.69) is 67.2 Å². The van der Waals surface area contributed by atoms with Crippen molar-refractivity contribution in [2.75, 3.05) is 31.5 Å². The van der Waals surface area contributed by atoms with E-state index in [0.717, 1.165) is 42.6 Å². The number of tetrazole rings is 1. The summed E-state index contributed by atoms with van der Waals surface area (Å²) in [5, 5.41) is 22.0. The van der Waals surface area contributed by atoms with Crippen molar-refractivity contribution in [2.45, 2.75) is 12.8 Å². The molecule has 1 atom stereocenters. The Bertz CT molecular complexity index is 1080. The molecular weight excluding hydrogens is 350 g/mol. The summed E-state index contributed by atoms with van der Waals surface area (Å²) in [5.74, 6) is 1.47. The molecule has 0 spiro atoms. The highest BCUT2D eigenvalue weighted by Crippen LogP contribution is 2.24. The minimum atomic E-state index is 0.626. The molecule has 1 aliphatic heterocycles. The van der Waals surface area contributed by atoms with E-state index in [9.17, 15) is 0 Å². The molecule has 0 bridgehead atoms. The largest absolute Gasteiger partial charge is 0.368 e. The van der Waals surface area contributed by atoms with Gasteiger partial charge >= 0.3 is 0 Å². The number of hydrogen-bond acceptors (Lipinski definition) is 6. The third-order valence-electron chi connectivity index (χ3n) is 5.56. The molecule has 2 aromatic carbocycles. The summed E-state index contributed by atoms with van der Waals surface area (Å²) in [5.41, 5.74) is 2.10. The van der Waals surface area contributed by atoms with Gasteiger partial charge in [0, 0.05) is 30.4 Å². The lowest BCUT2D eigenvalue weighted by Gasteiger charge is -2.17. The number of likely N-dealkylation sites (tertiary alicyclic amines) is 1. The molecule has 0 radical (unpaired) electrons. The second-order valence-corrected chi connectivity index (χ2v) is 7.46. The first kappa shape index (κ1) is 17.1. The van der Waals surface area contributed by atoms with Crippen molar-refractivity contribution in [2.24, 2.45) is 5.92 Å². The van der Waals surface area contributed by atoms with E-state index in [4.69, 9.17) is 0 Å². The number of aromatic nitrogens is 5. The van der Waals surface area contributed by atoms with Crippen LogP contribution < -0.4 is 5.32 Å². The van der Waals surface area contributed by atoms with Gasteiger partial charge in [-0.1, -0.05) is 54.6 Å². The van der Waals surface area contributed by atoms with E-state index in [1.165, 1.54) is 23.2 Å². The fourth-order valence-electron chi connectivity index (χ4n) is 4.03. The van der Waals surface area contributed by atoms with Gasteiger partial charge in [-0.2, -0.15) is 0 Å².